The van der Waals surface area contributed by atoms with Crippen molar-refractivity contribution in [1.82, 2.24) is 19.9 Å². The van der Waals surface area contributed by atoms with Gasteiger partial charge in [-0.2, -0.15) is 8.78 Å². The van der Waals surface area contributed by atoms with E-state index in [2.05, 4.69) is 26.5 Å². The lowest BCUT2D eigenvalue weighted by atomic mass is 9.93. The molecule has 168 valence electrons. The average molecular weight is 434 g/mol. The monoisotopic (exact) mass is 433 g/mol. The van der Waals surface area contributed by atoms with Crippen LogP contribution in [0, 0.1) is 5.92 Å². The Kier molecular flexibility index (Phi) is 6.62. The third-order valence-electron chi connectivity index (χ3n) is 6.30. The van der Waals surface area contributed by atoms with Crippen molar-refractivity contribution < 1.29 is 18.3 Å². The van der Waals surface area contributed by atoms with E-state index in [0.29, 0.717) is 35.6 Å². The van der Waals surface area contributed by atoms with Crippen LogP contribution in [0.5, 0.6) is 5.75 Å². The highest BCUT2D eigenvalue weighted by Crippen LogP contribution is 2.42. The highest BCUT2D eigenvalue weighted by molar-refractivity contribution is 5.64. The van der Waals surface area contributed by atoms with Crippen molar-refractivity contribution >= 4 is 5.82 Å². The number of hydrogen-bond acceptors (Lipinski definition) is 7. The molecule has 4 rings (SSSR count). The van der Waals surface area contributed by atoms with Crippen LogP contribution in [0.25, 0.3) is 11.3 Å². The third kappa shape index (κ3) is 4.93. The molecular weight excluding hydrogens is 404 g/mol. The van der Waals surface area contributed by atoms with E-state index < -0.39 is 6.61 Å². The molecule has 2 N–H and O–H groups in total. The van der Waals surface area contributed by atoms with Crippen molar-refractivity contribution in [3.05, 3.63) is 29.8 Å². The largest absolute Gasteiger partial charge is 0.431 e. The van der Waals surface area contributed by atoms with Gasteiger partial charge in [-0.25, -0.2) is 15.0 Å². The summed E-state index contributed by atoms with van der Waals surface area (Å²) in [5, 5.41) is 0. The molecule has 0 radical (unpaired) electrons. The van der Waals surface area contributed by atoms with Crippen LogP contribution in [0.2, 0.25) is 0 Å². The maximum Gasteiger partial charge on any atom is 0.387 e. The second-order valence-corrected chi connectivity index (χ2v) is 8.29. The highest BCUT2D eigenvalue weighted by atomic mass is 19.3. The van der Waals surface area contributed by atoms with Gasteiger partial charge in [0.05, 0.1) is 18.9 Å². The number of nitrogens with two attached hydrogens (primary N) is 1. The van der Waals surface area contributed by atoms with Gasteiger partial charge in [0.15, 0.2) is 11.6 Å². The van der Waals surface area contributed by atoms with Gasteiger partial charge in [-0.1, -0.05) is 13.8 Å². The number of morpholine rings is 1. The lowest BCUT2D eigenvalue weighted by Crippen LogP contribution is -2.42. The second kappa shape index (κ2) is 9.40. The Hall–Kier alpha value is -2.39. The standard InChI is InChI=1S/C22H29F2N5O2/c1-3-20-27-17(14-9-19(31-22(23)24)21(25)26-12-14)11-18(28-20)16-10-15(8-13(16)2)29-4-6-30-7-5-29/h9,11-13,15-16,22H,3-8,10H2,1-2H3,(H2,25,26)/t13-,15?,16+/m0/s1. The Morgan fingerprint density at radius 3 is 2.71 bits per heavy atom. The van der Waals surface area contributed by atoms with Gasteiger partial charge in [-0.05, 0) is 30.9 Å². The minimum absolute atomic E-state index is 0.0770. The van der Waals surface area contributed by atoms with Gasteiger partial charge >= 0.3 is 6.61 Å². The number of nitrogens with zero attached hydrogens (tertiary/aromatic N) is 4. The van der Waals surface area contributed by atoms with Gasteiger partial charge in [0.25, 0.3) is 0 Å². The molecule has 1 unspecified atom stereocenters. The predicted molar refractivity (Wildman–Crippen MR) is 113 cm³/mol. The minimum Gasteiger partial charge on any atom is -0.431 e. The van der Waals surface area contributed by atoms with Gasteiger partial charge < -0.3 is 15.2 Å². The zero-order chi connectivity index (χ0) is 22.0. The fourth-order valence-electron chi connectivity index (χ4n) is 4.67. The van der Waals surface area contributed by atoms with Gasteiger partial charge in [0, 0.05) is 48.9 Å². The number of aryl methyl sites for hydroxylation is 1. The fourth-order valence-corrected chi connectivity index (χ4v) is 4.67. The van der Waals surface area contributed by atoms with Crippen molar-refractivity contribution in [2.24, 2.45) is 5.92 Å². The molecule has 2 aliphatic rings. The van der Waals surface area contributed by atoms with Crippen LogP contribution < -0.4 is 10.5 Å². The van der Waals surface area contributed by atoms with Gasteiger partial charge in [0.2, 0.25) is 0 Å². The first-order chi connectivity index (χ1) is 14.9. The van der Waals surface area contributed by atoms with E-state index in [0.717, 1.165) is 50.7 Å². The molecule has 0 bridgehead atoms. The van der Waals surface area contributed by atoms with E-state index in [9.17, 15) is 8.78 Å². The first kappa shape index (κ1) is 21.8. The van der Waals surface area contributed by atoms with Crippen molar-refractivity contribution in [1.29, 1.82) is 0 Å². The molecule has 3 atom stereocenters. The Bertz CT molecular complexity index is 907. The molecule has 1 saturated heterocycles. The van der Waals surface area contributed by atoms with Gasteiger partial charge in [0.1, 0.15) is 5.82 Å². The maximum atomic E-state index is 12.7. The summed E-state index contributed by atoms with van der Waals surface area (Å²) in [5.74, 6) is 1.31. The highest BCUT2D eigenvalue weighted by Gasteiger charge is 2.37. The lowest BCUT2D eigenvalue weighted by molar-refractivity contribution is -0.0494. The average Bonchev–Trinajstić information content (AvgIpc) is 3.17. The van der Waals surface area contributed by atoms with Gasteiger partial charge in [-0.3, -0.25) is 4.90 Å². The summed E-state index contributed by atoms with van der Waals surface area (Å²) in [5.41, 5.74) is 7.92. The van der Waals surface area contributed by atoms with E-state index in [4.69, 9.17) is 15.5 Å². The van der Waals surface area contributed by atoms with E-state index in [1.54, 1.807) is 0 Å². The van der Waals surface area contributed by atoms with E-state index in [1.165, 1.54) is 12.3 Å². The van der Waals surface area contributed by atoms with Crippen LogP contribution in [-0.4, -0.2) is 58.8 Å². The van der Waals surface area contributed by atoms with Crippen LogP contribution in [0.3, 0.4) is 0 Å². The zero-order valence-corrected chi connectivity index (χ0v) is 17.9. The van der Waals surface area contributed by atoms with Crippen molar-refractivity contribution in [2.75, 3.05) is 32.0 Å². The van der Waals surface area contributed by atoms with E-state index >= 15 is 0 Å². The molecule has 2 fully saturated rings. The first-order valence-corrected chi connectivity index (χ1v) is 10.8. The maximum absolute atomic E-state index is 12.7. The fraction of sp³-hybridized carbons (Fsp3) is 0.591. The van der Waals surface area contributed by atoms with Crippen LogP contribution in [0.15, 0.2) is 18.3 Å². The SMILES string of the molecule is CCc1nc(-c2cnc(N)c(OC(F)F)c2)cc([C@@H]2CC(N3CCOCC3)C[C@@H]2C)n1. The molecule has 0 spiro atoms. The number of hydrogen-bond donors (Lipinski definition) is 1. The smallest absolute Gasteiger partial charge is 0.387 e. The Morgan fingerprint density at radius 1 is 1.23 bits per heavy atom. The molecule has 0 aromatic carbocycles. The predicted octanol–water partition coefficient (Wildman–Crippen LogP) is 3.50. The molecular formula is C22H29F2N5O2. The van der Waals surface area contributed by atoms with E-state index in [-0.39, 0.29) is 11.6 Å². The number of nitrogen functional groups attached to an aromatic ring is 1. The van der Waals surface area contributed by atoms with Gasteiger partial charge in [-0.15, -0.1) is 0 Å². The summed E-state index contributed by atoms with van der Waals surface area (Å²) >= 11 is 0. The molecule has 2 aromatic heterocycles. The minimum atomic E-state index is -2.97. The van der Waals surface area contributed by atoms with Crippen LogP contribution in [-0.2, 0) is 11.2 Å². The topological polar surface area (TPSA) is 86.4 Å². The number of pyridine rings is 1. The molecule has 3 heterocycles. The zero-order valence-electron chi connectivity index (χ0n) is 17.9. The molecule has 1 aliphatic heterocycles. The number of anilines is 1. The summed E-state index contributed by atoms with van der Waals surface area (Å²) < 4.78 is 35.4. The number of rotatable bonds is 6. The molecule has 7 nitrogen and oxygen atoms in total. The second-order valence-electron chi connectivity index (χ2n) is 8.29. The molecule has 0 amide bonds. The van der Waals surface area contributed by atoms with Crippen LogP contribution in [0.1, 0.15) is 44.1 Å². The van der Waals surface area contributed by atoms with Crippen LogP contribution >= 0.6 is 0 Å². The Balaban J connectivity index is 1.62. The summed E-state index contributed by atoms with van der Waals surface area (Å²) in [7, 11) is 0. The number of halogens is 2. The first-order valence-electron chi connectivity index (χ1n) is 10.8. The summed E-state index contributed by atoms with van der Waals surface area (Å²) in [6.07, 6.45) is 4.38. The van der Waals surface area contributed by atoms with Crippen molar-refractivity contribution in [2.45, 2.75) is 51.7 Å². The van der Waals surface area contributed by atoms with E-state index in [1.807, 2.05) is 13.0 Å². The number of aromatic nitrogens is 3. The Labute approximate surface area is 181 Å². The molecule has 1 saturated carbocycles. The van der Waals surface area contributed by atoms with Crippen molar-refractivity contribution in [3.8, 4) is 17.0 Å². The van der Waals surface area contributed by atoms with Crippen LogP contribution in [0.4, 0.5) is 14.6 Å². The number of ether oxygens (including phenoxy) is 2. The third-order valence-corrected chi connectivity index (χ3v) is 6.30. The lowest BCUT2D eigenvalue weighted by Gasteiger charge is -2.32. The molecule has 1 aliphatic carbocycles. The summed E-state index contributed by atoms with van der Waals surface area (Å²) in [6, 6.07) is 3.95. The summed E-state index contributed by atoms with van der Waals surface area (Å²) in [6.45, 7) is 4.85. The quantitative estimate of drug-likeness (QED) is 0.746. The molecule has 9 heteroatoms. The Morgan fingerprint density at radius 2 is 2.00 bits per heavy atom. The number of alkyl halides is 2. The van der Waals surface area contributed by atoms with Crippen molar-refractivity contribution in [3.63, 3.8) is 0 Å². The normalized spacial score (nSPS) is 24.6. The summed E-state index contributed by atoms with van der Waals surface area (Å²) in [4.78, 5) is 16.0. The molecule has 31 heavy (non-hydrogen) atoms. The molecule has 2 aromatic rings.